The third-order valence-electron chi connectivity index (χ3n) is 23.2. The van der Waals surface area contributed by atoms with Crippen LogP contribution < -0.4 is 16.4 Å². The molecule has 0 bridgehead atoms. The SMILES string of the molecule is CCNCc1cncc(-c2cnc3n[nH]c(-c4nc5c(-c6ccc(C)s6)cncc5[nH]4)c3c2)c1.Cc1ccc(-c2cncc3[nH]c(-c4[nH]nc5ncc(-c6cccnc6)cc45)nc23)s1.Cc1ccc(-c2cncc3[nH]c(-c4[nH]nc5ncc(-c6cncc(N)c6)cc45)nc23)s1.Fc1ccc(-c2cncc3[nH]c(-c4[nH]nc5ncc(-c6cncc(CNCC7CCCC7)c6)cc45)nc23)s1. The molecule has 24 aromatic heterocycles. The van der Waals surface area contributed by atoms with E-state index in [2.05, 4.69) is 226 Å². The van der Waals surface area contributed by atoms with Gasteiger partial charge in [0, 0.05) is 213 Å². The number of rotatable bonds is 19. The lowest BCUT2D eigenvalue weighted by Crippen LogP contribution is -2.20. The van der Waals surface area contributed by atoms with Crippen LogP contribution in [0.5, 0.6) is 0 Å². The second kappa shape index (κ2) is 35.8. The maximum Gasteiger partial charge on any atom is 0.181 e. The molecule has 0 aromatic carbocycles. The number of halogens is 1. The van der Waals surface area contributed by atoms with Crippen molar-refractivity contribution in [1.82, 2.24) is 151 Å². The van der Waals surface area contributed by atoms with Crippen molar-refractivity contribution in [2.24, 2.45) is 5.92 Å². The van der Waals surface area contributed by atoms with E-state index in [1.54, 1.807) is 95.8 Å². The maximum atomic E-state index is 13.7. The van der Waals surface area contributed by atoms with E-state index in [9.17, 15) is 4.39 Å². The Bertz CT molecular complexity index is 8400. The fourth-order valence-electron chi connectivity index (χ4n) is 16.6. The molecule has 0 radical (unpaired) electrons. The third-order valence-corrected chi connectivity index (χ3v) is 27.2. The first-order valence-corrected chi connectivity index (χ1v) is 46.2. The number of hydrogen-bond acceptors (Lipinski definition) is 27. The molecule has 0 unspecified atom stereocenters. The van der Waals surface area contributed by atoms with Gasteiger partial charge < -0.3 is 36.3 Å². The summed E-state index contributed by atoms with van der Waals surface area (Å²) in [6.45, 7) is 11.9. The van der Waals surface area contributed by atoms with Gasteiger partial charge in [0.25, 0.3) is 0 Å². The lowest BCUT2D eigenvalue weighted by molar-refractivity contribution is 0.489. The van der Waals surface area contributed by atoms with Crippen molar-refractivity contribution in [3.63, 3.8) is 0 Å². The number of aryl methyl sites for hydroxylation is 3. The molecule has 0 spiro atoms. The van der Waals surface area contributed by atoms with Gasteiger partial charge >= 0.3 is 0 Å². The number of imidazole rings is 4. The van der Waals surface area contributed by atoms with Gasteiger partial charge in [-0.1, -0.05) is 25.8 Å². The molecule has 1 aliphatic rings. The van der Waals surface area contributed by atoms with Crippen LogP contribution in [-0.2, 0) is 13.1 Å². The van der Waals surface area contributed by atoms with E-state index in [-0.39, 0.29) is 5.13 Å². The van der Waals surface area contributed by atoms with Gasteiger partial charge in [-0.25, -0.2) is 39.9 Å². The van der Waals surface area contributed by atoms with E-state index < -0.39 is 0 Å². The van der Waals surface area contributed by atoms with Gasteiger partial charge in [0.2, 0.25) is 0 Å². The van der Waals surface area contributed by atoms with Crippen molar-refractivity contribution in [2.75, 3.05) is 18.8 Å². The topological polar surface area (TPSA) is 434 Å². The molecule has 133 heavy (non-hydrogen) atoms. The van der Waals surface area contributed by atoms with Crippen molar-refractivity contribution in [2.45, 2.75) is 66.5 Å². The van der Waals surface area contributed by atoms with E-state index in [1.807, 2.05) is 92.4 Å². The molecule has 1 fully saturated rings. The fraction of sp³-hybridized carbons (Fsp3) is 0.134. The number of aromatic nitrogens is 28. The minimum atomic E-state index is -0.242. The normalized spacial score (nSPS) is 12.3. The van der Waals surface area contributed by atoms with E-state index in [0.717, 1.165) is 229 Å². The predicted molar refractivity (Wildman–Crippen MR) is 523 cm³/mol. The summed E-state index contributed by atoms with van der Waals surface area (Å²) in [6, 6.07) is 34.2. The van der Waals surface area contributed by atoms with Crippen LogP contribution in [-0.4, -0.2) is 154 Å². The molecule has 25 rings (SSSR count). The minimum absolute atomic E-state index is 0.242. The van der Waals surface area contributed by atoms with Crippen LogP contribution in [0.3, 0.4) is 0 Å². The van der Waals surface area contributed by atoms with Crippen molar-refractivity contribution in [3.05, 3.63) is 258 Å². The average Bonchev–Trinajstić information content (AvgIpc) is 1.63. The smallest absolute Gasteiger partial charge is 0.181 e. The number of pyridine rings is 12. The monoisotopic (exact) mass is 1820 g/mol. The number of nitrogen functional groups attached to an aromatic ring is 1. The summed E-state index contributed by atoms with van der Waals surface area (Å²) in [5.41, 5.74) is 32.7. The zero-order chi connectivity index (χ0) is 89.6. The summed E-state index contributed by atoms with van der Waals surface area (Å²) >= 11 is 6.27. The lowest BCUT2D eigenvalue weighted by Gasteiger charge is -2.11. The minimum Gasteiger partial charge on any atom is -0.397 e. The number of nitrogens with one attached hydrogen (secondary N) is 10. The van der Waals surface area contributed by atoms with Gasteiger partial charge in [0.05, 0.1) is 74.1 Å². The first kappa shape index (κ1) is 82.7. The molecular formula is C97H78FN31S4. The molecule has 31 nitrogen and oxygen atoms in total. The highest BCUT2D eigenvalue weighted by Crippen LogP contribution is 2.42. The van der Waals surface area contributed by atoms with Crippen molar-refractivity contribution >= 4 is 139 Å². The Morgan fingerprint density at radius 1 is 0.361 bits per heavy atom. The Balaban J connectivity index is 0.000000104. The zero-order valence-electron chi connectivity index (χ0n) is 71.6. The molecule has 0 amide bonds. The van der Waals surface area contributed by atoms with Crippen LogP contribution in [0.25, 0.3) is 221 Å². The molecule has 36 heteroatoms. The predicted octanol–water partition coefficient (Wildman–Crippen LogP) is 20.8. The molecule has 0 atom stereocenters. The molecular weight excluding hydrogens is 1750 g/mol. The highest BCUT2D eigenvalue weighted by atomic mass is 32.1. The number of thiophene rings is 4. The molecule has 0 aliphatic heterocycles. The summed E-state index contributed by atoms with van der Waals surface area (Å²) in [5.74, 6) is 3.52. The highest BCUT2D eigenvalue weighted by Gasteiger charge is 2.25. The molecule has 1 saturated carbocycles. The second-order valence-electron chi connectivity index (χ2n) is 32.3. The Morgan fingerprint density at radius 3 is 1.06 bits per heavy atom. The van der Waals surface area contributed by atoms with Crippen LogP contribution in [0.2, 0.25) is 0 Å². The number of fused-ring (bicyclic) bond motifs is 8. The Morgan fingerprint density at radius 2 is 0.707 bits per heavy atom. The van der Waals surface area contributed by atoms with Crippen LogP contribution >= 0.6 is 45.3 Å². The van der Waals surface area contributed by atoms with Gasteiger partial charge in [-0.3, -0.25) is 60.3 Å². The zero-order valence-corrected chi connectivity index (χ0v) is 74.9. The van der Waals surface area contributed by atoms with Crippen LogP contribution in [0.15, 0.2) is 227 Å². The molecule has 0 saturated heterocycles. The van der Waals surface area contributed by atoms with E-state index >= 15 is 0 Å². The van der Waals surface area contributed by atoms with Crippen molar-refractivity contribution < 1.29 is 4.39 Å². The van der Waals surface area contributed by atoms with Gasteiger partial charge in [-0.15, -0.1) is 45.3 Å². The standard InChI is InChI=1S/C28H25FN8S.C25H22N8S.C22H16N8S.C22H15N7S/c29-24-6-5-23(38-24)21-14-32-15-22-25(21)35-28(34-22)26-20-8-19(13-33-27(20)37-36-26)18-7-17(11-31-12-18)10-30-9-16-3-1-2-4-16;1-3-26-8-15-6-16(10-27-9-15)17-7-18-23(32-33-24(18)29-11-17)25-30-20-13-28-12-19(22(20)31-25)21-5-4-14(2)34-21;1-11-2-3-18(31-11)16-9-25-10-17-19(16)28-22(27-17)20-15-5-13(7-26-21(15)30-29-20)12-4-14(23)8-24-6-12;1-12-4-5-18(30-12)16-10-24-11-17-19(16)27-22(26-17)20-15-7-14(9-25-21(15)29-28-20)13-3-2-6-23-8-13/h5-8,11-16,30H,1-4,9-10H2,(H,34,35)(H,33,36,37);4-7,9-13,26H,3,8H2,1-2H3,(H,30,31)(H,29,32,33);2-10H,23H2,1H3,(H,27,28)(H,26,29,30);2-11H,1H3,(H,26,27)(H,25,28,29). The maximum absolute atomic E-state index is 13.7. The fourth-order valence-corrected chi connectivity index (χ4v) is 20.0. The Labute approximate surface area is 771 Å². The molecule has 24 aromatic rings. The number of nitrogens with zero attached hydrogens (tertiary/aromatic N) is 20. The lowest BCUT2D eigenvalue weighted by atomic mass is 10.1. The first-order valence-electron chi connectivity index (χ1n) is 42.9. The highest BCUT2D eigenvalue weighted by molar-refractivity contribution is 7.16. The van der Waals surface area contributed by atoms with E-state index in [1.165, 1.54) is 46.4 Å². The summed E-state index contributed by atoms with van der Waals surface area (Å²) in [4.78, 5) is 94.0. The van der Waals surface area contributed by atoms with Crippen LogP contribution in [0.4, 0.5) is 10.1 Å². The molecule has 1 aliphatic carbocycles. The third kappa shape index (κ3) is 16.9. The van der Waals surface area contributed by atoms with Gasteiger partial charge in [0.1, 0.15) is 44.8 Å². The molecule has 652 valence electrons. The Kier molecular flexibility index (Phi) is 22.3. The van der Waals surface area contributed by atoms with E-state index in [0.29, 0.717) is 51.6 Å². The summed E-state index contributed by atoms with van der Waals surface area (Å²) in [7, 11) is 0. The largest absolute Gasteiger partial charge is 0.397 e. The number of H-pyrrole nitrogens is 8. The van der Waals surface area contributed by atoms with Crippen LogP contribution in [0, 0.1) is 31.8 Å². The number of hydrogen-bond donors (Lipinski definition) is 11. The number of nitrogens with two attached hydrogens (primary N) is 1. The summed E-state index contributed by atoms with van der Waals surface area (Å²) < 4.78 is 13.7. The van der Waals surface area contributed by atoms with Gasteiger partial charge in [-0.05, 0) is 161 Å². The molecule has 12 N–H and O–H groups in total. The Hall–Kier alpha value is -16.0. The molecule has 24 heterocycles. The quantitative estimate of drug-likeness (QED) is 0.0358. The summed E-state index contributed by atoms with van der Waals surface area (Å²) in [5, 5.41) is 40.1. The second-order valence-corrected chi connectivity index (χ2v) is 37.2. The summed E-state index contributed by atoms with van der Waals surface area (Å²) in [6.07, 6.45) is 41.5. The van der Waals surface area contributed by atoms with Gasteiger partial charge in [-0.2, -0.15) is 24.8 Å². The van der Waals surface area contributed by atoms with Crippen molar-refractivity contribution in [1.29, 1.82) is 0 Å². The van der Waals surface area contributed by atoms with E-state index in [4.69, 9.17) is 25.7 Å². The number of anilines is 1. The van der Waals surface area contributed by atoms with Gasteiger partial charge in [0.15, 0.2) is 51.0 Å². The van der Waals surface area contributed by atoms with Crippen LogP contribution in [0.1, 0.15) is 58.4 Å². The average molecular weight is 1830 g/mol. The first-order chi connectivity index (χ1) is 65.3. The van der Waals surface area contributed by atoms with Crippen molar-refractivity contribution in [3.8, 4) is 132 Å². The number of aromatic amines is 8.